The molecule has 19 heavy (non-hydrogen) atoms. The van der Waals surface area contributed by atoms with Crippen LogP contribution < -0.4 is 10.6 Å². The Kier molecular flexibility index (Phi) is 5.36. The number of alkyl carbamates (subject to hydrolysis) is 1. The molecule has 0 heterocycles. The van der Waals surface area contributed by atoms with Crippen molar-refractivity contribution in [1.82, 2.24) is 10.6 Å². The van der Waals surface area contributed by atoms with Gasteiger partial charge in [0.1, 0.15) is 6.61 Å². The molecule has 0 aliphatic heterocycles. The fraction of sp³-hybridized carbons (Fsp3) is 0.429. The standard InChI is InChI=1S/C14H20N2O3/c1-14(2,12(17)15-3)10-16-13(18)19-9-11-7-5-4-6-8-11/h4-8H,9-10H2,1-3H3,(H,15,17)(H,16,18). The molecule has 2 amide bonds. The quantitative estimate of drug-likeness (QED) is 0.850. The molecule has 0 aliphatic carbocycles. The Labute approximate surface area is 113 Å². The van der Waals surface area contributed by atoms with Crippen LogP contribution in [0.5, 0.6) is 0 Å². The van der Waals surface area contributed by atoms with Crippen molar-refractivity contribution in [2.24, 2.45) is 5.41 Å². The van der Waals surface area contributed by atoms with E-state index in [1.165, 1.54) is 0 Å². The van der Waals surface area contributed by atoms with Crippen LogP contribution in [0, 0.1) is 5.41 Å². The fourth-order valence-electron chi connectivity index (χ4n) is 1.49. The molecular formula is C14H20N2O3. The number of rotatable bonds is 5. The summed E-state index contributed by atoms with van der Waals surface area (Å²) in [5.41, 5.74) is 0.253. The molecule has 1 aromatic carbocycles. The first kappa shape index (κ1) is 15.0. The average Bonchev–Trinajstić information content (AvgIpc) is 2.43. The minimum Gasteiger partial charge on any atom is -0.445 e. The maximum absolute atomic E-state index is 11.5. The Morgan fingerprint density at radius 2 is 1.84 bits per heavy atom. The lowest BCUT2D eigenvalue weighted by molar-refractivity contribution is -0.128. The van der Waals surface area contributed by atoms with Gasteiger partial charge in [0.15, 0.2) is 0 Å². The molecule has 104 valence electrons. The summed E-state index contributed by atoms with van der Waals surface area (Å²) in [4.78, 5) is 23.0. The van der Waals surface area contributed by atoms with Crippen molar-refractivity contribution in [3.63, 3.8) is 0 Å². The first-order valence-corrected chi connectivity index (χ1v) is 6.12. The van der Waals surface area contributed by atoms with E-state index in [9.17, 15) is 9.59 Å². The lowest BCUT2D eigenvalue weighted by Gasteiger charge is -2.22. The Hall–Kier alpha value is -2.04. The van der Waals surface area contributed by atoms with E-state index in [4.69, 9.17) is 4.74 Å². The lowest BCUT2D eigenvalue weighted by Crippen LogP contribution is -2.43. The SMILES string of the molecule is CNC(=O)C(C)(C)CNC(=O)OCc1ccccc1. The Balaban J connectivity index is 2.34. The second-order valence-electron chi connectivity index (χ2n) is 4.88. The van der Waals surface area contributed by atoms with Gasteiger partial charge in [0.2, 0.25) is 5.91 Å². The van der Waals surface area contributed by atoms with Gasteiger partial charge in [-0.2, -0.15) is 0 Å². The van der Waals surface area contributed by atoms with Crippen molar-refractivity contribution < 1.29 is 14.3 Å². The van der Waals surface area contributed by atoms with E-state index in [0.717, 1.165) is 5.56 Å². The number of carbonyl (C=O) groups is 2. The van der Waals surface area contributed by atoms with E-state index in [0.29, 0.717) is 0 Å². The van der Waals surface area contributed by atoms with Crippen LogP contribution in [0.3, 0.4) is 0 Å². The van der Waals surface area contributed by atoms with Gasteiger partial charge in [-0.1, -0.05) is 30.3 Å². The monoisotopic (exact) mass is 264 g/mol. The van der Waals surface area contributed by atoms with E-state index < -0.39 is 11.5 Å². The van der Waals surface area contributed by atoms with E-state index in [-0.39, 0.29) is 19.1 Å². The van der Waals surface area contributed by atoms with E-state index in [1.54, 1.807) is 20.9 Å². The van der Waals surface area contributed by atoms with Crippen LogP contribution in [-0.4, -0.2) is 25.6 Å². The Morgan fingerprint density at radius 1 is 1.21 bits per heavy atom. The molecule has 0 atom stereocenters. The summed E-state index contributed by atoms with van der Waals surface area (Å²) in [5, 5.41) is 5.14. The number of benzene rings is 1. The average molecular weight is 264 g/mol. The van der Waals surface area contributed by atoms with Crippen LogP contribution in [0.15, 0.2) is 30.3 Å². The van der Waals surface area contributed by atoms with Gasteiger partial charge in [-0.15, -0.1) is 0 Å². The summed E-state index contributed by atoms with van der Waals surface area (Å²) in [5.74, 6) is -0.129. The predicted molar refractivity (Wildman–Crippen MR) is 72.5 cm³/mol. The molecule has 1 rings (SSSR count). The molecule has 0 radical (unpaired) electrons. The third kappa shape index (κ3) is 4.99. The predicted octanol–water partition coefficient (Wildman–Crippen LogP) is 1.68. The maximum Gasteiger partial charge on any atom is 0.407 e. The van der Waals surface area contributed by atoms with Gasteiger partial charge in [-0.3, -0.25) is 4.79 Å². The van der Waals surface area contributed by atoms with Crippen molar-refractivity contribution >= 4 is 12.0 Å². The van der Waals surface area contributed by atoms with Gasteiger partial charge >= 0.3 is 6.09 Å². The van der Waals surface area contributed by atoms with Gasteiger partial charge in [0.05, 0.1) is 5.41 Å². The number of nitrogens with one attached hydrogen (secondary N) is 2. The highest BCUT2D eigenvalue weighted by Crippen LogP contribution is 2.13. The topological polar surface area (TPSA) is 67.4 Å². The van der Waals surface area contributed by atoms with Crippen molar-refractivity contribution in [1.29, 1.82) is 0 Å². The molecule has 0 spiro atoms. The van der Waals surface area contributed by atoms with Crippen LogP contribution >= 0.6 is 0 Å². The molecule has 0 unspecified atom stereocenters. The molecule has 0 saturated heterocycles. The summed E-state index contributed by atoms with van der Waals surface area (Å²) in [6.07, 6.45) is -0.527. The zero-order valence-electron chi connectivity index (χ0n) is 11.5. The molecule has 5 heteroatoms. The smallest absolute Gasteiger partial charge is 0.407 e. The zero-order chi connectivity index (χ0) is 14.3. The summed E-state index contributed by atoms with van der Waals surface area (Å²) in [6, 6.07) is 9.41. The second kappa shape index (κ2) is 6.78. The molecule has 0 bridgehead atoms. The van der Waals surface area contributed by atoms with E-state index in [2.05, 4.69) is 10.6 Å². The van der Waals surface area contributed by atoms with Crippen LogP contribution in [-0.2, 0) is 16.1 Å². The van der Waals surface area contributed by atoms with Crippen molar-refractivity contribution in [2.75, 3.05) is 13.6 Å². The molecule has 5 nitrogen and oxygen atoms in total. The van der Waals surface area contributed by atoms with Gasteiger partial charge in [0, 0.05) is 13.6 Å². The van der Waals surface area contributed by atoms with Crippen LogP contribution in [0.1, 0.15) is 19.4 Å². The number of ether oxygens (including phenoxy) is 1. The summed E-state index contributed by atoms with van der Waals surface area (Å²) >= 11 is 0. The third-order valence-electron chi connectivity index (χ3n) is 2.73. The Morgan fingerprint density at radius 3 is 2.42 bits per heavy atom. The highest BCUT2D eigenvalue weighted by molar-refractivity contribution is 5.82. The summed E-state index contributed by atoms with van der Waals surface area (Å²) in [7, 11) is 1.57. The number of hydrogen-bond acceptors (Lipinski definition) is 3. The molecule has 2 N–H and O–H groups in total. The minimum atomic E-state index is -0.666. The first-order valence-electron chi connectivity index (χ1n) is 6.12. The first-order chi connectivity index (χ1) is 8.95. The maximum atomic E-state index is 11.5. The van der Waals surface area contributed by atoms with Crippen molar-refractivity contribution in [3.05, 3.63) is 35.9 Å². The molecule has 0 fully saturated rings. The number of hydrogen-bond donors (Lipinski definition) is 2. The van der Waals surface area contributed by atoms with Gasteiger partial charge in [0.25, 0.3) is 0 Å². The summed E-state index contributed by atoms with van der Waals surface area (Å²) in [6.45, 7) is 3.94. The van der Waals surface area contributed by atoms with E-state index in [1.807, 2.05) is 30.3 Å². The van der Waals surface area contributed by atoms with E-state index >= 15 is 0 Å². The second-order valence-corrected chi connectivity index (χ2v) is 4.88. The zero-order valence-corrected chi connectivity index (χ0v) is 11.5. The van der Waals surface area contributed by atoms with Crippen molar-refractivity contribution in [3.8, 4) is 0 Å². The minimum absolute atomic E-state index is 0.129. The molecule has 0 saturated carbocycles. The normalized spacial score (nSPS) is 10.7. The number of amides is 2. The molecule has 0 aliphatic rings. The molecule has 0 aromatic heterocycles. The van der Waals surface area contributed by atoms with Gasteiger partial charge in [-0.25, -0.2) is 4.79 Å². The van der Waals surface area contributed by atoms with Crippen LogP contribution in [0.25, 0.3) is 0 Å². The fourth-order valence-corrected chi connectivity index (χ4v) is 1.49. The highest BCUT2D eigenvalue weighted by atomic mass is 16.5. The largest absolute Gasteiger partial charge is 0.445 e. The third-order valence-corrected chi connectivity index (χ3v) is 2.73. The number of carbonyl (C=O) groups excluding carboxylic acids is 2. The van der Waals surface area contributed by atoms with Crippen LogP contribution in [0.2, 0.25) is 0 Å². The molecular weight excluding hydrogens is 244 g/mol. The van der Waals surface area contributed by atoms with Crippen molar-refractivity contribution in [2.45, 2.75) is 20.5 Å². The van der Waals surface area contributed by atoms with Gasteiger partial charge in [-0.05, 0) is 19.4 Å². The van der Waals surface area contributed by atoms with Crippen LogP contribution in [0.4, 0.5) is 4.79 Å². The Bertz CT molecular complexity index is 430. The lowest BCUT2D eigenvalue weighted by atomic mass is 9.92. The molecule has 1 aromatic rings. The highest BCUT2D eigenvalue weighted by Gasteiger charge is 2.27. The summed E-state index contributed by atoms with van der Waals surface area (Å²) < 4.78 is 5.06. The van der Waals surface area contributed by atoms with Gasteiger partial charge < -0.3 is 15.4 Å².